The van der Waals surface area contributed by atoms with Gasteiger partial charge in [0, 0.05) is 22.7 Å². The zero-order chi connectivity index (χ0) is 12.5. The quantitative estimate of drug-likeness (QED) is 0.888. The molecule has 94 valence electrons. The smallest absolute Gasteiger partial charge is 0.0399 e. The highest BCUT2D eigenvalue weighted by atomic mass is 79.9. The molecule has 1 aliphatic carbocycles. The number of nitrogens with two attached hydrogens (primary N) is 1. The predicted octanol–water partition coefficient (Wildman–Crippen LogP) is 3.90. The minimum absolute atomic E-state index is 0.479. The van der Waals surface area contributed by atoms with E-state index in [-0.39, 0.29) is 0 Å². The van der Waals surface area contributed by atoms with Crippen molar-refractivity contribution in [1.29, 1.82) is 0 Å². The second kappa shape index (κ2) is 4.99. The maximum absolute atomic E-state index is 5.77. The van der Waals surface area contributed by atoms with E-state index in [0.29, 0.717) is 18.0 Å². The highest BCUT2D eigenvalue weighted by Gasteiger charge is 2.30. The van der Waals surface area contributed by atoms with Crippen LogP contribution >= 0.6 is 15.9 Å². The van der Waals surface area contributed by atoms with Gasteiger partial charge in [-0.15, -0.1) is 0 Å². The topological polar surface area (TPSA) is 38.0 Å². The van der Waals surface area contributed by atoms with Crippen LogP contribution in [0.5, 0.6) is 0 Å². The summed E-state index contributed by atoms with van der Waals surface area (Å²) in [6, 6.07) is 6.86. The molecule has 2 nitrogen and oxygen atoms in total. The van der Waals surface area contributed by atoms with Crippen LogP contribution in [0.25, 0.3) is 0 Å². The second-order valence-corrected chi connectivity index (χ2v) is 6.67. The Morgan fingerprint density at radius 2 is 2.24 bits per heavy atom. The SMILES string of the molecule is CC1(C)CCC(Nc2cc(Br)ccc2CN)C1. The third kappa shape index (κ3) is 3.23. The van der Waals surface area contributed by atoms with Crippen LogP contribution in [-0.2, 0) is 6.54 Å². The number of benzene rings is 1. The van der Waals surface area contributed by atoms with Crippen LogP contribution < -0.4 is 11.1 Å². The van der Waals surface area contributed by atoms with Gasteiger partial charge in [0.2, 0.25) is 0 Å². The van der Waals surface area contributed by atoms with Crippen LogP contribution in [0.4, 0.5) is 5.69 Å². The van der Waals surface area contributed by atoms with Crippen LogP contribution in [0.3, 0.4) is 0 Å². The molecule has 0 spiro atoms. The molecule has 3 N–H and O–H groups in total. The van der Waals surface area contributed by atoms with E-state index in [9.17, 15) is 0 Å². The normalized spacial score (nSPS) is 22.7. The monoisotopic (exact) mass is 296 g/mol. The molecule has 0 saturated heterocycles. The minimum atomic E-state index is 0.479. The van der Waals surface area contributed by atoms with Gasteiger partial charge in [-0.2, -0.15) is 0 Å². The summed E-state index contributed by atoms with van der Waals surface area (Å²) in [5.41, 5.74) is 8.63. The Kier molecular flexibility index (Phi) is 3.79. The standard InChI is InChI=1S/C14H21BrN2/c1-14(2)6-5-12(8-14)17-13-7-11(15)4-3-10(13)9-16/h3-4,7,12,17H,5-6,8-9,16H2,1-2H3. The Morgan fingerprint density at radius 1 is 1.47 bits per heavy atom. The fourth-order valence-electron chi connectivity index (χ4n) is 2.64. The molecule has 0 aliphatic heterocycles. The van der Waals surface area contributed by atoms with E-state index in [2.05, 4.69) is 47.2 Å². The Bertz CT molecular complexity index is 401. The summed E-state index contributed by atoms with van der Waals surface area (Å²) in [5.74, 6) is 0. The molecule has 2 rings (SSSR count). The predicted molar refractivity (Wildman–Crippen MR) is 77.1 cm³/mol. The van der Waals surface area contributed by atoms with E-state index in [1.165, 1.54) is 30.5 Å². The fourth-order valence-corrected chi connectivity index (χ4v) is 3.00. The molecule has 17 heavy (non-hydrogen) atoms. The first-order chi connectivity index (χ1) is 8.00. The number of hydrogen-bond acceptors (Lipinski definition) is 2. The largest absolute Gasteiger partial charge is 0.382 e. The molecule has 0 radical (unpaired) electrons. The Balaban J connectivity index is 2.11. The molecule has 0 amide bonds. The number of halogens is 1. The lowest BCUT2D eigenvalue weighted by atomic mass is 9.92. The molecule has 1 aromatic rings. The van der Waals surface area contributed by atoms with Gasteiger partial charge in [-0.25, -0.2) is 0 Å². The van der Waals surface area contributed by atoms with Gasteiger partial charge in [0.05, 0.1) is 0 Å². The van der Waals surface area contributed by atoms with Gasteiger partial charge in [0.15, 0.2) is 0 Å². The Labute approximate surface area is 112 Å². The van der Waals surface area contributed by atoms with Gasteiger partial charge in [0.1, 0.15) is 0 Å². The van der Waals surface area contributed by atoms with Gasteiger partial charge in [-0.05, 0) is 42.4 Å². The van der Waals surface area contributed by atoms with Crippen LogP contribution in [0.15, 0.2) is 22.7 Å². The molecule has 0 bridgehead atoms. The summed E-state index contributed by atoms with van der Waals surface area (Å²) in [6.45, 7) is 5.28. The summed E-state index contributed by atoms with van der Waals surface area (Å²) in [7, 11) is 0. The molecule has 0 aromatic heterocycles. The van der Waals surface area contributed by atoms with E-state index >= 15 is 0 Å². The average Bonchev–Trinajstić information content (AvgIpc) is 2.58. The van der Waals surface area contributed by atoms with Gasteiger partial charge >= 0.3 is 0 Å². The van der Waals surface area contributed by atoms with Crippen molar-refractivity contribution < 1.29 is 0 Å². The lowest BCUT2D eigenvalue weighted by Gasteiger charge is -2.20. The number of anilines is 1. The zero-order valence-electron chi connectivity index (χ0n) is 10.6. The summed E-state index contributed by atoms with van der Waals surface area (Å²) in [6.07, 6.45) is 3.80. The van der Waals surface area contributed by atoms with Gasteiger partial charge in [0.25, 0.3) is 0 Å². The van der Waals surface area contributed by atoms with Crippen LogP contribution in [0, 0.1) is 5.41 Å². The maximum Gasteiger partial charge on any atom is 0.0399 e. The second-order valence-electron chi connectivity index (χ2n) is 5.75. The van der Waals surface area contributed by atoms with Crippen molar-refractivity contribution in [3.8, 4) is 0 Å². The zero-order valence-corrected chi connectivity index (χ0v) is 12.2. The van der Waals surface area contributed by atoms with Gasteiger partial charge < -0.3 is 11.1 Å². The van der Waals surface area contributed by atoms with Gasteiger partial charge in [-0.3, -0.25) is 0 Å². The van der Waals surface area contributed by atoms with Gasteiger partial charge in [-0.1, -0.05) is 35.8 Å². The third-order valence-electron chi connectivity index (χ3n) is 3.62. The van der Waals surface area contributed by atoms with Crippen molar-refractivity contribution >= 4 is 21.6 Å². The number of nitrogens with one attached hydrogen (secondary N) is 1. The third-order valence-corrected chi connectivity index (χ3v) is 4.11. The molecule has 1 aliphatic rings. The van der Waals surface area contributed by atoms with E-state index in [0.717, 1.165) is 4.47 Å². The molecule has 0 heterocycles. The molecule has 1 fully saturated rings. The van der Waals surface area contributed by atoms with Crippen molar-refractivity contribution in [1.82, 2.24) is 0 Å². The number of hydrogen-bond donors (Lipinski definition) is 2. The van der Waals surface area contributed by atoms with Crippen molar-refractivity contribution in [2.75, 3.05) is 5.32 Å². The molecule has 1 unspecified atom stereocenters. The summed E-state index contributed by atoms with van der Waals surface area (Å²) in [4.78, 5) is 0. The highest BCUT2D eigenvalue weighted by molar-refractivity contribution is 9.10. The molecule has 3 heteroatoms. The molecule has 1 atom stereocenters. The maximum atomic E-state index is 5.77. The van der Waals surface area contributed by atoms with E-state index in [1.807, 2.05) is 6.07 Å². The molecule has 1 aromatic carbocycles. The minimum Gasteiger partial charge on any atom is -0.382 e. The lowest BCUT2D eigenvalue weighted by Crippen LogP contribution is -2.19. The molecule has 1 saturated carbocycles. The Morgan fingerprint density at radius 3 is 2.82 bits per heavy atom. The fraction of sp³-hybridized carbons (Fsp3) is 0.571. The summed E-state index contributed by atoms with van der Waals surface area (Å²) in [5, 5.41) is 3.65. The molecular weight excluding hydrogens is 276 g/mol. The summed E-state index contributed by atoms with van der Waals surface area (Å²) < 4.78 is 1.11. The van der Waals surface area contributed by atoms with Crippen molar-refractivity contribution in [3.63, 3.8) is 0 Å². The van der Waals surface area contributed by atoms with Crippen molar-refractivity contribution in [3.05, 3.63) is 28.2 Å². The Hall–Kier alpha value is -0.540. The van der Waals surface area contributed by atoms with E-state index < -0.39 is 0 Å². The highest BCUT2D eigenvalue weighted by Crippen LogP contribution is 2.38. The first-order valence-electron chi connectivity index (χ1n) is 6.25. The van der Waals surface area contributed by atoms with Crippen LogP contribution in [0.2, 0.25) is 0 Å². The first kappa shape index (κ1) is 12.9. The van der Waals surface area contributed by atoms with E-state index in [1.54, 1.807) is 0 Å². The van der Waals surface area contributed by atoms with Crippen molar-refractivity contribution in [2.24, 2.45) is 11.1 Å². The van der Waals surface area contributed by atoms with Crippen LogP contribution in [-0.4, -0.2) is 6.04 Å². The van der Waals surface area contributed by atoms with E-state index in [4.69, 9.17) is 5.73 Å². The first-order valence-corrected chi connectivity index (χ1v) is 7.04. The average molecular weight is 297 g/mol. The summed E-state index contributed by atoms with van der Waals surface area (Å²) >= 11 is 3.52. The van der Waals surface area contributed by atoms with Crippen molar-refractivity contribution in [2.45, 2.75) is 45.7 Å². The van der Waals surface area contributed by atoms with Crippen LogP contribution in [0.1, 0.15) is 38.7 Å². The lowest BCUT2D eigenvalue weighted by molar-refractivity contribution is 0.378. The molecular formula is C14H21BrN2. The number of rotatable bonds is 3.